The lowest BCUT2D eigenvalue weighted by Crippen LogP contribution is -2.27. The molecule has 18 heavy (non-hydrogen) atoms. The standard InChI is InChI=1S/C13H13ClN2OS/c14-11-1-3-12(4-2-11)16-13(17)8-15-7-10-5-6-18-9-10/h1-6,9,15H,7-8H2,(H,16,17). The number of benzene rings is 1. The van der Waals surface area contributed by atoms with Gasteiger partial charge in [0.25, 0.3) is 0 Å². The normalized spacial score (nSPS) is 10.3. The quantitative estimate of drug-likeness (QED) is 0.883. The third-order valence-corrected chi connectivity index (χ3v) is 3.31. The molecule has 2 rings (SSSR count). The molecule has 1 aromatic heterocycles. The zero-order valence-electron chi connectivity index (χ0n) is 9.65. The average Bonchev–Trinajstić information content (AvgIpc) is 2.85. The Kier molecular flexibility index (Phi) is 4.75. The predicted octanol–water partition coefficient (Wildman–Crippen LogP) is 3.13. The second kappa shape index (κ2) is 6.54. The van der Waals surface area contributed by atoms with Crippen LogP contribution in [0, 0.1) is 0 Å². The number of halogens is 1. The summed E-state index contributed by atoms with van der Waals surface area (Å²) in [4.78, 5) is 11.6. The van der Waals surface area contributed by atoms with E-state index in [1.54, 1.807) is 35.6 Å². The van der Waals surface area contributed by atoms with Crippen molar-refractivity contribution in [3.05, 3.63) is 51.7 Å². The Morgan fingerprint density at radius 2 is 2.00 bits per heavy atom. The van der Waals surface area contributed by atoms with E-state index in [4.69, 9.17) is 11.6 Å². The highest BCUT2D eigenvalue weighted by atomic mass is 35.5. The van der Waals surface area contributed by atoms with Gasteiger partial charge in [0.2, 0.25) is 5.91 Å². The summed E-state index contributed by atoms with van der Waals surface area (Å²) in [5, 5.41) is 10.6. The zero-order valence-corrected chi connectivity index (χ0v) is 11.2. The first-order valence-electron chi connectivity index (χ1n) is 5.51. The first kappa shape index (κ1) is 13.1. The van der Waals surface area contributed by atoms with Gasteiger partial charge in [-0.1, -0.05) is 11.6 Å². The van der Waals surface area contributed by atoms with Crippen LogP contribution in [-0.4, -0.2) is 12.5 Å². The molecule has 0 saturated heterocycles. The molecule has 0 fully saturated rings. The molecule has 0 aliphatic rings. The van der Waals surface area contributed by atoms with Crippen LogP contribution in [0.5, 0.6) is 0 Å². The van der Waals surface area contributed by atoms with E-state index in [-0.39, 0.29) is 5.91 Å². The Labute approximate surface area is 115 Å². The van der Waals surface area contributed by atoms with Gasteiger partial charge in [-0.25, -0.2) is 0 Å². The number of carbonyl (C=O) groups is 1. The van der Waals surface area contributed by atoms with Gasteiger partial charge in [0, 0.05) is 17.3 Å². The van der Waals surface area contributed by atoms with Crippen LogP contribution in [0.3, 0.4) is 0 Å². The molecule has 0 aliphatic carbocycles. The molecule has 0 radical (unpaired) electrons. The van der Waals surface area contributed by atoms with Crippen molar-refractivity contribution in [3.63, 3.8) is 0 Å². The van der Waals surface area contributed by atoms with Crippen molar-refractivity contribution in [2.24, 2.45) is 0 Å². The number of carbonyl (C=O) groups excluding carboxylic acids is 1. The molecule has 2 aromatic rings. The molecule has 1 aromatic carbocycles. The molecule has 1 amide bonds. The maximum absolute atomic E-state index is 11.6. The monoisotopic (exact) mass is 280 g/mol. The van der Waals surface area contributed by atoms with E-state index < -0.39 is 0 Å². The highest BCUT2D eigenvalue weighted by Gasteiger charge is 2.02. The fourth-order valence-electron chi connectivity index (χ4n) is 1.45. The van der Waals surface area contributed by atoms with Crippen molar-refractivity contribution in [1.82, 2.24) is 5.32 Å². The molecular weight excluding hydrogens is 268 g/mol. The van der Waals surface area contributed by atoms with E-state index in [2.05, 4.69) is 16.0 Å². The van der Waals surface area contributed by atoms with Gasteiger partial charge in [-0.2, -0.15) is 11.3 Å². The van der Waals surface area contributed by atoms with Crippen LogP contribution in [-0.2, 0) is 11.3 Å². The maximum atomic E-state index is 11.6. The van der Waals surface area contributed by atoms with Crippen LogP contribution in [0.4, 0.5) is 5.69 Å². The summed E-state index contributed by atoms with van der Waals surface area (Å²) in [5.74, 6) is -0.0625. The van der Waals surface area contributed by atoms with Crippen molar-refractivity contribution in [3.8, 4) is 0 Å². The van der Waals surface area contributed by atoms with Gasteiger partial charge in [-0.15, -0.1) is 0 Å². The number of rotatable bonds is 5. The Hall–Kier alpha value is -1.36. The van der Waals surface area contributed by atoms with Crippen LogP contribution in [0.25, 0.3) is 0 Å². The highest BCUT2D eigenvalue weighted by Crippen LogP contribution is 2.13. The minimum Gasteiger partial charge on any atom is -0.325 e. The zero-order chi connectivity index (χ0) is 12.8. The van der Waals surface area contributed by atoms with Gasteiger partial charge in [-0.05, 0) is 46.7 Å². The Morgan fingerprint density at radius 1 is 1.22 bits per heavy atom. The molecule has 0 spiro atoms. The molecule has 1 heterocycles. The molecule has 2 N–H and O–H groups in total. The minimum atomic E-state index is -0.0625. The van der Waals surface area contributed by atoms with E-state index in [0.29, 0.717) is 18.1 Å². The van der Waals surface area contributed by atoms with E-state index >= 15 is 0 Å². The summed E-state index contributed by atoms with van der Waals surface area (Å²) in [7, 11) is 0. The molecule has 0 saturated carbocycles. The van der Waals surface area contributed by atoms with Gasteiger partial charge in [-0.3, -0.25) is 4.79 Å². The van der Waals surface area contributed by atoms with E-state index in [0.717, 1.165) is 5.69 Å². The van der Waals surface area contributed by atoms with Gasteiger partial charge >= 0.3 is 0 Å². The van der Waals surface area contributed by atoms with Crippen LogP contribution < -0.4 is 10.6 Å². The van der Waals surface area contributed by atoms with Crippen molar-refractivity contribution >= 4 is 34.5 Å². The van der Waals surface area contributed by atoms with Crippen LogP contribution in [0.1, 0.15) is 5.56 Å². The lowest BCUT2D eigenvalue weighted by Gasteiger charge is -2.06. The summed E-state index contributed by atoms with van der Waals surface area (Å²) < 4.78 is 0. The Balaban J connectivity index is 1.73. The summed E-state index contributed by atoms with van der Waals surface area (Å²) in [6.45, 7) is 0.996. The van der Waals surface area contributed by atoms with Gasteiger partial charge < -0.3 is 10.6 Å². The summed E-state index contributed by atoms with van der Waals surface area (Å²) in [5.41, 5.74) is 1.95. The van der Waals surface area contributed by atoms with Gasteiger partial charge in [0.15, 0.2) is 0 Å². The first-order chi connectivity index (χ1) is 8.74. The fourth-order valence-corrected chi connectivity index (χ4v) is 2.25. The molecule has 0 bridgehead atoms. The second-order valence-electron chi connectivity index (χ2n) is 3.79. The maximum Gasteiger partial charge on any atom is 0.238 e. The SMILES string of the molecule is O=C(CNCc1ccsc1)Nc1ccc(Cl)cc1. The minimum absolute atomic E-state index is 0.0625. The molecule has 0 aliphatic heterocycles. The summed E-state index contributed by atoms with van der Waals surface area (Å²) in [6.07, 6.45) is 0. The van der Waals surface area contributed by atoms with E-state index in [1.165, 1.54) is 5.56 Å². The van der Waals surface area contributed by atoms with Crippen LogP contribution in [0.2, 0.25) is 5.02 Å². The van der Waals surface area contributed by atoms with E-state index in [1.807, 2.05) is 11.4 Å². The van der Waals surface area contributed by atoms with Crippen molar-refractivity contribution in [2.75, 3.05) is 11.9 Å². The fraction of sp³-hybridized carbons (Fsp3) is 0.154. The third-order valence-electron chi connectivity index (χ3n) is 2.32. The lowest BCUT2D eigenvalue weighted by atomic mass is 10.3. The average molecular weight is 281 g/mol. The Bertz CT molecular complexity index is 496. The van der Waals surface area contributed by atoms with Crippen molar-refractivity contribution in [1.29, 1.82) is 0 Å². The number of hydrogen-bond acceptors (Lipinski definition) is 3. The molecule has 94 valence electrons. The van der Waals surface area contributed by atoms with Crippen molar-refractivity contribution in [2.45, 2.75) is 6.54 Å². The van der Waals surface area contributed by atoms with Gasteiger partial charge in [0.1, 0.15) is 0 Å². The number of thiophene rings is 1. The number of amides is 1. The molecule has 0 atom stereocenters. The summed E-state index contributed by atoms with van der Waals surface area (Å²) >= 11 is 7.41. The number of anilines is 1. The Morgan fingerprint density at radius 3 is 2.67 bits per heavy atom. The molecular formula is C13H13ClN2OS. The lowest BCUT2D eigenvalue weighted by molar-refractivity contribution is -0.115. The van der Waals surface area contributed by atoms with Crippen molar-refractivity contribution < 1.29 is 4.79 Å². The molecule has 0 unspecified atom stereocenters. The number of hydrogen-bond donors (Lipinski definition) is 2. The third kappa shape index (κ3) is 4.14. The first-order valence-corrected chi connectivity index (χ1v) is 6.83. The summed E-state index contributed by atoms with van der Waals surface area (Å²) in [6, 6.07) is 9.08. The second-order valence-corrected chi connectivity index (χ2v) is 5.01. The number of nitrogens with one attached hydrogen (secondary N) is 2. The highest BCUT2D eigenvalue weighted by molar-refractivity contribution is 7.07. The molecule has 3 nitrogen and oxygen atoms in total. The topological polar surface area (TPSA) is 41.1 Å². The van der Waals surface area contributed by atoms with Gasteiger partial charge in [0.05, 0.1) is 6.54 Å². The predicted molar refractivity (Wildman–Crippen MR) is 76.1 cm³/mol. The van der Waals surface area contributed by atoms with E-state index in [9.17, 15) is 4.79 Å². The largest absolute Gasteiger partial charge is 0.325 e. The van der Waals surface area contributed by atoms with Crippen LogP contribution in [0.15, 0.2) is 41.1 Å². The van der Waals surface area contributed by atoms with Crippen LogP contribution >= 0.6 is 22.9 Å². The smallest absolute Gasteiger partial charge is 0.238 e. The molecule has 5 heteroatoms.